The van der Waals surface area contributed by atoms with Crippen LogP contribution in [0.4, 0.5) is 0 Å². The van der Waals surface area contributed by atoms with E-state index in [2.05, 4.69) is 21.5 Å². The van der Waals surface area contributed by atoms with E-state index in [9.17, 15) is 9.59 Å². The van der Waals surface area contributed by atoms with Gasteiger partial charge in [-0.3, -0.25) is 15.0 Å². The maximum absolute atomic E-state index is 12.1. The van der Waals surface area contributed by atoms with Crippen LogP contribution in [-0.2, 0) is 16.0 Å². The number of hydrogen-bond acceptors (Lipinski definition) is 4. The number of carbonyl (C=O) groups excluding carboxylic acids is 2. The van der Waals surface area contributed by atoms with Crippen LogP contribution in [0.25, 0.3) is 0 Å². The highest BCUT2D eigenvalue weighted by Gasteiger charge is 2.27. The second-order valence-corrected chi connectivity index (χ2v) is 7.52. The molecule has 0 spiro atoms. The van der Waals surface area contributed by atoms with Crippen molar-refractivity contribution in [3.05, 3.63) is 35.9 Å². The van der Waals surface area contributed by atoms with E-state index in [4.69, 9.17) is 0 Å². The maximum Gasteiger partial charge on any atom is 0.240 e. The van der Waals surface area contributed by atoms with Crippen LogP contribution in [0, 0.1) is 5.92 Å². The van der Waals surface area contributed by atoms with Gasteiger partial charge in [0.15, 0.2) is 0 Å². The summed E-state index contributed by atoms with van der Waals surface area (Å²) >= 11 is 0. The summed E-state index contributed by atoms with van der Waals surface area (Å²) in [6.07, 6.45) is 9.05. The van der Waals surface area contributed by atoms with E-state index < -0.39 is 0 Å². The first-order valence-corrected chi connectivity index (χ1v) is 9.80. The lowest BCUT2D eigenvalue weighted by molar-refractivity contribution is -0.126. The fourth-order valence-electron chi connectivity index (χ4n) is 3.96. The molecule has 4 N–H and O–H groups in total. The summed E-state index contributed by atoms with van der Waals surface area (Å²) in [5, 5.41) is 5.62. The van der Waals surface area contributed by atoms with Crippen LogP contribution in [0.2, 0.25) is 0 Å². The average Bonchev–Trinajstić information content (AvgIpc) is 3.08. The highest BCUT2D eigenvalue weighted by atomic mass is 16.2. The molecule has 6 heteroatoms. The zero-order valence-corrected chi connectivity index (χ0v) is 15.3. The number of hydrazine groups is 1. The van der Waals surface area contributed by atoms with Crippen molar-refractivity contribution in [3.8, 4) is 0 Å². The van der Waals surface area contributed by atoms with Crippen molar-refractivity contribution in [2.24, 2.45) is 5.92 Å². The van der Waals surface area contributed by atoms with Crippen LogP contribution >= 0.6 is 0 Å². The molecule has 3 rings (SSSR count). The summed E-state index contributed by atoms with van der Waals surface area (Å²) in [4.78, 5) is 24.0. The van der Waals surface area contributed by atoms with Gasteiger partial charge in [-0.2, -0.15) is 0 Å². The van der Waals surface area contributed by atoms with E-state index in [0.29, 0.717) is 12.5 Å². The molecule has 2 amide bonds. The third-order valence-electron chi connectivity index (χ3n) is 5.31. The van der Waals surface area contributed by atoms with E-state index in [-0.39, 0.29) is 24.5 Å². The summed E-state index contributed by atoms with van der Waals surface area (Å²) in [5.74, 6) is 0.512. The van der Waals surface area contributed by atoms with E-state index in [1.54, 1.807) is 0 Å². The standard InChI is InChI=1S/C20H30N4O2/c25-19(12-16-9-5-2-6-10-16)21-14-20(26)22-18-13-17(23-24-18)11-15-7-3-1-4-8-15/h2,5-6,9-10,15,17-18,23-24H,1,3-4,7-8,11-14H2,(H,21,25)(H,22,26). The smallest absolute Gasteiger partial charge is 0.240 e. The van der Waals surface area contributed by atoms with Crippen molar-refractivity contribution in [1.29, 1.82) is 0 Å². The molecule has 1 saturated carbocycles. The molecule has 6 nitrogen and oxygen atoms in total. The van der Waals surface area contributed by atoms with E-state index in [1.807, 2.05) is 30.3 Å². The minimum Gasteiger partial charge on any atom is -0.347 e. The summed E-state index contributed by atoms with van der Waals surface area (Å²) in [6, 6.07) is 9.94. The fourth-order valence-corrected chi connectivity index (χ4v) is 3.96. The first-order chi connectivity index (χ1) is 12.7. The van der Waals surface area contributed by atoms with Gasteiger partial charge in [0.2, 0.25) is 11.8 Å². The lowest BCUT2D eigenvalue weighted by atomic mass is 9.84. The summed E-state index contributed by atoms with van der Waals surface area (Å²) in [7, 11) is 0. The zero-order valence-electron chi connectivity index (χ0n) is 15.3. The molecule has 0 radical (unpaired) electrons. The number of benzene rings is 1. The molecule has 2 aliphatic rings. The van der Waals surface area contributed by atoms with E-state index >= 15 is 0 Å². The minimum absolute atomic E-state index is 0.0111. The van der Waals surface area contributed by atoms with Crippen LogP contribution in [-0.4, -0.2) is 30.6 Å². The van der Waals surface area contributed by atoms with Crippen molar-refractivity contribution >= 4 is 11.8 Å². The number of amides is 2. The van der Waals surface area contributed by atoms with Crippen molar-refractivity contribution in [1.82, 2.24) is 21.5 Å². The molecule has 2 unspecified atom stereocenters. The van der Waals surface area contributed by atoms with Crippen molar-refractivity contribution in [3.63, 3.8) is 0 Å². The quantitative estimate of drug-likeness (QED) is 0.597. The molecule has 1 heterocycles. The third-order valence-corrected chi connectivity index (χ3v) is 5.31. The van der Waals surface area contributed by atoms with Crippen LogP contribution in [0.3, 0.4) is 0 Å². The number of nitrogens with one attached hydrogen (secondary N) is 4. The molecule has 1 aromatic carbocycles. The van der Waals surface area contributed by atoms with Gasteiger partial charge >= 0.3 is 0 Å². The number of rotatable bonds is 7. The van der Waals surface area contributed by atoms with Gasteiger partial charge in [-0.05, 0) is 24.3 Å². The summed E-state index contributed by atoms with van der Waals surface area (Å²) in [5.41, 5.74) is 7.41. The first kappa shape index (κ1) is 18.9. The van der Waals surface area contributed by atoms with Crippen LogP contribution < -0.4 is 21.5 Å². The Labute approximate surface area is 155 Å². The zero-order chi connectivity index (χ0) is 18.2. The Hall–Kier alpha value is -1.92. The molecular formula is C20H30N4O2. The van der Waals surface area contributed by atoms with Gasteiger partial charge in [0.05, 0.1) is 19.1 Å². The molecule has 26 heavy (non-hydrogen) atoms. The molecule has 2 atom stereocenters. The normalized spacial score (nSPS) is 23.5. The molecule has 1 aromatic rings. The average molecular weight is 358 g/mol. The monoisotopic (exact) mass is 358 g/mol. The molecule has 1 aliphatic carbocycles. The first-order valence-electron chi connectivity index (χ1n) is 9.80. The van der Waals surface area contributed by atoms with Crippen LogP contribution in [0.15, 0.2) is 30.3 Å². The Morgan fingerprint density at radius 3 is 2.54 bits per heavy atom. The second-order valence-electron chi connectivity index (χ2n) is 7.52. The predicted octanol–water partition coefficient (Wildman–Crippen LogP) is 1.62. The van der Waals surface area contributed by atoms with Crippen molar-refractivity contribution in [2.45, 2.75) is 63.6 Å². The summed E-state index contributed by atoms with van der Waals surface area (Å²) in [6.45, 7) is 0.0111. The molecule has 1 aliphatic heterocycles. The van der Waals surface area contributed by atoms with Crippen molar-refractivity contribution < 1.29 is 9.59 Å². The van der Waals surface area contributed by atoms with Gasteiger partial charge in [-0.25, -0.2) is 5.43 Å². The maximum atomic E-state index is 12.1. The molecule has 2 fully saturated rings. The third kappa shape index (κ3) is 6.11. The summed E-state index contributed by atoms with van der Waals surface area (Å²) < 4.78 is 0. The minimum atomic E-state index is -0.163. The molecule has 142 valence electrons. The second kappa shape index (κ2) is 9.69. The lowest BCUT2D eigenvalue weighted by Crippen LogP contribution is -2.47. The molecule has 0 bridgehead atoms. The Morgan fingerprint density at radius 1 is 1.00 bits per heavy atom. The van der Waals surface area contributed by atoms with Gasteiger partial charge in [0.1, 0.15) is 0 Å². The SMILES string of the molecule is O=C(Cc1ccccc1)NCC(=O)NC1CC(CC2CCCCC2)NN1. The highest BCUT2D eigenvalue weighted by Crippen LogP contribution is 2.28. The number of carbonyl (C=O) groups is 2. The fraction of sp³-hybridized carbons (Fsp3) is 0.600. The number of hydrogen-bond donors (Lipinski definition) is 4. The van der Waals surface area contributed by atoms with Crippen LogP contribution in [0.5, 0.6) is 0 Å². The highest BCUT2D eigenvalue weighted by molar-refractivity contribution is 5.85. The van der Waals surface area contributed by atoms with Gasteiger partial charge in [-0.1, -0.05) is 62.4 Å². The van der Waals surface area contributed by atoms with E-state index in [1.165, 1.54) is 38.5 Å². The molecule has 1 saturated heterocycles. The largest absolute Gasteiger partial charge is 0.347 e. The molecule has 0 aromatic heterocycles. The Balaban J connectivity index is 1.31. The van der Waals surface area contributed by atoms with E-state index in [0.717, 1.165) is 17.9 Å². The van der Waals surface area contributed by atoms with Gasteiger partial charge in [0, 0.05) is 6.04 Å². The Kier molecular flexibility index (Phi) is 7.03. The topological polar surface area (TPSA) is 82.3 Å². The van der Waals surface area contributed by atoms with Crippen molar-refractivity contribution in [2.75, 3.05) is 6.54 Å². The van der Waals surface area contributed by atoms with Crippen LogP contribution in [0.1, 0.15) is 50.5 Å². The molecular weight excluding hydrogens is 328 g/mol. The van der Waals surface area contributed by atoms with Gasteiger partial charge in [0.25, 0.3) is 0 Å². The Morgan fingerprint density at radius 2 is 1.77 bits per heavy atom. The Bertz CT molecular complexity index is 587. The predicted molar refractivity (Wildman–Crippen MR) is 101 cm³/mol. The lowest BCUT2D eigenvalue weighted by Gasteiger charge is -2.24. The van der Waals surface area contributed by atoms with Gasteiger partial charge in [-0.15, -0.1) is 0 Å². The van der Waals surface area contributed by atoms with Gasteiger partial charge < -0.3 is 10.6 Å².